The number of nitrogens with zero attached hydrogens (tertiary/aromatic N) is 7. The zero-order valence-corrected chi connectivity index (χ0v) is 23.1. The van der Waals surface area contributed by atoms with Crippen molar-refractivity contribution in [3.05, 3.63) is 59.7 Å². The number of hydrogen-bond acceptors (Lipinski definition) is 7. The van der Waals surface area contributed by atoms with Gasteiger partial charge in [0.2, 0.25) is 5.95 Å². The Morgan fingerprint density at radius 3 is 2.56 bits per heavy atom. The van der Waals surface area contributed by atoms with Gasteiger partial charge >= 0.3 is 0 Å². The lowest BCUT2D eigenvalue weighted by Gasteiger charge is -2.54. The summed E-state index contributed by atoms with van der Waals surface area (Å²) in [6.45, 7) is 8.35. The Hall–Kier alpha value is -3.57. The number of aryl methyl sites for hydroxylation is 1. The zero-order valence-electron chi connectivity index (χ0n) is 23.1. The Morgan fingerprint density at radius 2 is 1.83 bits per heavy atom. The number of piperidine rings is 1. The van der Waals surface area contributed by atoms with Crippen molar-refractivity contribution >= 4 is 22.8 Å². The first kappa shape index (κ1) is 26.3. The molecule has 0 bridgehead atoms. The first-order valence-electron chi connectivity index (χ1n) is 14.4. The van der Waals surface area contributed by atoms with E-state index in [2.05, 4.69) is 42.0 Å². The molecule has 0 aliphatic carbocycles. The highest BCUT2D eigenvalue weighted by molar-refractivity contribution is 5.83. The van der Waals surface area contributed by atoms with Crippen molar-refractivity contribution in [2.24, 2.45) is 5.41 Å². The Labute approximate surface area is 236 Å². The third-order valence-corrected chi connectivity index (χ3v) is 9.04. The standard InChI is InChI=1S/C30H33F3N8/c1-2-39-9-7-30(8-10-39)17-40(18-30)16-19-3-5-25(34-14-19)36-29-35-15-23(33)27(38-29)20-11-22(32)28-24(12-20)41-21(13-31)4-6-26(41)37-28/h3,5,11-12,14-15,21H,2,4,6-10,13,16-18H2,1H3,(H,34,35,36,38). The van der Waals surface area contributed by atoms with Crippen molar-refractivity contribution < 1.29 is 13.2 Å². The van der Waals surface area contributed by atoms with Crippen molar-refractivity contribution in [1.29, 1.82) is 0 Å². The van der Waals surface area contributed by atoms with Crippen LogP contribution in [0.25, 0.3) is 22.3 Å². The molecule has 7 rings (SSSR count). The molecule has 1 aromatic carbocycles. The average Bonchev–Trinajstić information content (AvgIpc) is 3.55. The average molecular weight is 563 g/mol. The number of pyridine rings is 1. The van der Waals surface area contributed by atoms with Crippen LogP contribution in [0.1, 0.15) is 43.6 Å². The molecule has 2 fully saturated rings. The third kappa shape index (κ3) is 4.84. The van der Waals surface area contributed by atoms with Crippen molar-refractivity contribution in [1.82, 2.24) is 34.3 Å². The van der Waals surface area contributed by atoms with Crippen LogP contribution in [0.15, 0.2) is 36.7 Å². The second-order valence-electron chi connectivity index (χ2n) is 11.7. The molecule has 11 heteroatoms. The minimum absolute atomic E-state index is 0.0539. The summed E-state index contributed by atoms with van der Waals surface area (Å²) < 4.78 is 45.2. The number of alkyl halides is 1. The van der Waals surface area contributed by atoms with Crippen LogP contribution < -0.4 is 5.32 Å². The molecular weight excluding hydrogens is 529 g/mol. The highest BCUT2D eigenvalue weighted by atomic mass is 19.1. The van der Waals surface area contributed by atoms with Gasteiger partial charge in [-0.2, -0.15) is 0 Å². The monoisotopic (exact) mass is 562 g/mol. The minimum atomic E-state index is -0.687. The van der Waals surface area contributed by atoms with E-state index in [1.54, 1.807) is 10.6 Å². The van der Waals surface area contributed by atoms with Gasteiger partial charge in [-0.3, -0.25) is 4.90 Å². The van der Waals surface area contributed by atoms with Gasteiger partial charge < -0.3 is 14.8 Å². The number of anilines is 2. The number of hydrogen-bond donors (Lipinski definition) is 1. The van der Waals surface area contributed by atoms with E-state index in [1.165, 1.54) is 32.0 Å². The number of imidazole rings is 1. The molecule has 8 nitrogen and oxygen atoms in total. The Balaban J connectivity index is 1.05. The van der Waals surface area contributed by atoms with E-state index in [-0.39, 0.29) is 22.7 Å². The summed E-state index contributed by atoms with van der Waals surface area (Å²) in [6, 6.07) is 6.32. The summed E-state index contributed by atoms with van der Waals surface area (Å²) in [5.74, 6) is 0.0317. The van der Waals surface area contributed by atoms with Crippen LogP contribution >= 0.6 is 0 Å². The molecule has 0 radical (unpaired) electrons. The second kappa shape index (κ2) is 10.4. The molecule has 3 aromatic heterocycles. The fourth-order valence-corrected chi connectivity index (χ4v) is 6.76. The van der Waals surface area contributed by atoms with Crippen molar-refractivity contribution in [3.8, 4) is 11.3 Å². The number of fused-ring (bicyclic) bond motifs is 3. The number of rotatable bonds is 7. The minimum Gasteiger partial charge on any atom is -0.322 e. The predicted octanol–water partition coefficient (Wildman–Crippen LogP) is 5.28. The highest BCUT2D eigenvalue weighted by Crippen LogP contribution is 2.41. The number of nitrogens with one attached hydrogen (secondary N) is 1. The molecule has 3 aliphatic heterocycles. The molecule has 1 N–H and O–H groups in total. The Kier molecular flexibility index (Phi) is 6.66. The fraction of sp³-hybridized carbons (Fsp3) is 0.467. The summed E-state index contributed by atoms with van der Waals surface area (Å²) in [4.78, 5) is 22.3. The summed E-state index contributed by atoms with van der Waals surface area (Å²) in [6.07, 6.45) is 6.64. The van der Waals surface area contributed by atoms with Crippen LogP contribution in [0.3, 0.4) is 0 Å². The number of halogens is 3. The van der Waals surface area contributed by atoms with E-state index in [0.717, 1.165) is 37.9 Å². The van der Waals surface area contributed by atoms with Gasteiger partial charge in [0, 0.05) is 37.8 Å². The largest absolute Gasteiger partial charge is 0.322 e. The summed E-state index contributed by atoms with van der Waals surface area (Å²) in [5.41, 5.74) is 2.40. The maximum absolute atomic E-state index is 15.0. The van der Waals surface area contributed by atoms with Crippen LogP contribution in [0.5, 0.6) is 0 Å². The van der Waals surface area contributed by atoms with E-state index >= 15 is 4.39 Å². The first-order chi connectivity index (χ1) is 19.9. The van der Waals surface area contributed by atoms with Crippen LogP contribution in [-0.2, 0) is 13.0 Å². The van der Waals surface area contributed by atoms with E-state index in [1.807, 2.05) is 18.3 Å². The number of benzene rings is 1. The van der Waals surface area contributed by atoms with E-state index in [9.17, 15) is 8.78 Å². The van der Waals surface area contributed by atoms with Gasteiger partial charge in [-0.25, -0.2) is 33.1 Å². The van der Waals surface area contributed by atoms with Gasteiger partial charge in [0.15, 0.2) is 11.6 Å². The highest BCUT2D eigenvalue weighted by Gasteiger charge is 2.44. The smallest absolute Gasteiger partial charge is 0.229 e. The normalized spacial score (nSPS) is 20.4. The van der Waals surface area contributed by atoms with Gasteiger partial charge in [0.05, 0.1) is 17.8 Å². The SMILES string of the molecule is CCN1CCC2(CC1)CN(Cc1ccc(Nc3ncc(F)c(-c4cc(F)c5nc6n(c5c4)C(CF)CC6)n3)nc1)C2. The molecule has 0 saturated carbocycles. The summed E-state index contributed by atoms with van der Waals surface area (Å²) >= 11 is 0. The van der Waals surface area contributed by atoms with Crippen molar-refractivity contribution in [2.45, 2.75) is 45.2 Å². The van der Waals surface area contributed by atoms with Crippen LogP contribution in [0, 0.1) is 17.0 Å². The number of likely N-dealkylation sites (tertiary alicyclic amines) is 2. The molecule has 3 aliphatic rings. The fourth-order valence-electron chi connectivity index (χ4n) is 6.76. The second-order valence-corrected chi connectivity index (χ2v) is 11.7. The van der Waals surface area contributed by atoms with Crippen LogP contribution in [0.4, 0.5) is 24.9 Å². The number of aromatic nitrogens is 5. The lowest BCUT2D eigenvalue weighted by Crippen LogP contribution is -2.59. The Bertz CT molecular complexity index is 1570. The molecule has 41 heavy (non-hydrogen) atoms. The molecule has 4 aromatic rings. The maximum atomic E-state index is 15.0. The van der Waals surface area contributed by atoms with E-state index in [0.29, 0.717) is 35.4 Å². The Morgan fingerprint density at radius 1 is 1.00 bits per heavy atom. The molecule has 1 unspecified atom stereocenters. The zero-order chi connectivity index (χ0) is 28.1. The third-order valence-electron chi connectivity index (χ3n) is 9.04. The van der Waals surface area contributed by atoms with Gasteiger partial charge in [0.25, 0.3) is 0 Å². The molecule has 1 spiro atoms. The quantitative estimate of drug-likeness (QED) is 0.328. The summed E-state index contributed by atoms with van der Waals surface area (Å²) in [7, 11) is 0. The molecular formula is C30H33F3N8. The predicted molar refractivity (Wildman–Crippen MR) is 151 cm³/mol. The topological polar surface area (TPSA) is 75.0 Å². The van der Waals surface area contributed by atoms with E-state index < -0.39 is 24.4 Å². The van der Waals surface area contributed by atoms with E-state index in [4.69, 9.17) is 0 Å². The molecule has 214 valence electrons. The van der Waals surface area contributed by atoms with Crippen molar-refractivity contribution in [3.63, 3.8) is 0 Å². The van der Waals surface area contributed by atoms with Crippen molar-refractivity contribution in [2.75, 3.05) is 44.7 Å². The van der Waals surface area contributed by atoms with Gasteiger partial charge in [0.1, 0.15) is 29.5 Å². The van der Waals surface area contributed by atoms with Gasteiger partial charge in [-0.1, -0.05) is 13.0 Å². The maximum Gasteiger partial charge on any atom is 0.229 e. The van der Waals surface area contributed by atoms with Gasteiger partial charge in [-0.05, 0) is 68.1 Å². The summed E-state index contributed by atoms with van der Waals surface area (Å²) in [5, 5.41) is 3.03. The van der Waals surface area contributed by atoms with Crippen LogP contribution in [0.2, 0.25) is 0 Å². The van der Waals surface area contributed by atoms with Crippen LogP contribution in [-0.4, -0.2) is 73.7 Å². The first-order valence-corrected chi connectivity index (χ1v) is 14.4. The van der Waals surface area contributed by atoms with Gasteiger partial charge in [-0.15, -0.1) is 0 Å². The molecule has 2 saturated heterocycles. The molecule has 6 heterocycles. The molecule has 0 amide bonds. The molecule has 1 atom stereocenters. The lowest BCUT2D eigenvalue weighted by atomic mass is 9.72. The lowest BCUT2D eigenvalue weighted by molar-refractivity contribution is -0.0502.